The lowest BCUT2D eigenvalue weighted by atomic mass is 10.2. The van der Waals surface area contributed by atoms with Gasteiger partial charge < -0.3 is 0 Å². The van der Waals surface area contributed by atoms with Crippen LogP contribution in [0.2, 0.25) is 0 Å². The summed E-state index contributed by atoms with van der Waals surface area (Å²) in [6.45, 7) is 0. The number of hydrogen-bond donors (Lipinski definition) is 2. The summed E-state index contributed by atoms with van der Waals surface area (Å²) in [5.41, 5.74) is 12.2. The Balaban J connectivity index is 1.98. The highest BCUT2D eigenvalue weighted by atomic mass is 32.3. The zero-order chi connectivity index (χ0) is 22.3. The Hall–Kier alpha value is -2.59. The first-order valence-electron chi connectivity index (χ1n) is 10.9. The van der Waals surface area contributed by atoms with E-state index in [-0.39, 0.29) is 0 Å². The molecule has 0 saturated carbocycles. The predicted octanol–water partition coefficient (Wildman–Crippen LogP) is 7.10. The summed E-state index contributed by atoms with van der Waals surface area (Å²) in [5.74, 6) is 3.64. The maximum atomic E-state index is 6.93. The molecule has 3 heteroatoms. The normalized spacial score (nSPS) is 12.6. The van der Waals surface area contributed by atoms with Crippen LogP contribution in [0.15, 0.2) is 121 Å². The highest BCUT2D eigenvalue weighted by molar-refractivity contribution is 8.51. The zero-order valence-electron chi connectivity index (χ0n) is 18.3. The average molecular weight is 458 g/mol. The Morgan fingerprint density at radius 2 is 0.688 bits per heavy atom. The number of nitrogens with two attached hydrogens (primary N) is 1. The molecular formula is C29H31NS2. The fourth-order valence-electron chi connectivity index (χ4n) is 4.65. The zero-order valence-corrected chi connectivity index (χ0v) is 20.0. The van der Waals surface area contributed by atoms with Crippen molar-refractivity contribution in [3.05, 3.63) is 144 Å². The van der Waals surface area contributed by atoms with Crippen molar-refractivity contribution < 1.29 is 0 Å². The molecule has 0 unspecified atom stereocenters. The second kappa shape index (κ2) is 9.91. The molecule has 0 radical (unpaired) electrons. The molecule has 0 saturated heterocycles. The molecule has 0 aliphatic rings. The second-order valence-corrected chi connectivity index (χ2v) is 14.6. The Morgan fingerprint density at radius 3 is 0.875 bits per heavy atom. The van der Waals surface area contributed by atoms with Gasteiger partial charge in [0, 0.05) is 23.0 Å². The van der Waals surface area contributed by atoms with Gasteiger partial charge in [-0.2, -0.15) is 0 Å². The topological polar surface area (TPSA) is 26.0 Å². The van der Waals surface area contributed by atoms with Gasteiger partial charge in [-0.1, -0.05) is 121 Å². The largest absolute Gasteiger partial charge is 0.294 e. The molecule has 0 heterocycles. The third kappa shape index (κ3) is 5.07. The Kier molecular flexibility index (Phi) is 7.00. The molecule has 4 aromatic rings. The number of rotatable bonds is 8. The minimum absolute atomic E-state index is 0.794. The van der Waals surface area contributed by atoms with Gasteiger partial charge >= 0.3 is 0 Å². The van der Waals surface area contributed by atoms with Crippen molar-refractivity contribution in [2.45, 2.75) is 23.0 Å². The quantitative estimate of drug-likeness (QED) is 0.214. The van der Waals surface area contributed by atoms with Crippen LogP contribution in [-0.2, 0) is 23.0 Å². The van der Waals surface area contributed by atoms with Gasteiger partial charge in [-0.25, -0.2) is 8.75 Å². The summed E-state index contributed by atoms with van der Waals surface area (Å²) >= 11 is 5.03. The minimum Gasteiger partial charge on any atom is -0.294 e. The average Bonchev–Trinajstić information content (AvgIpc) is 2.82. The summed E-state index contributed by atoms with van der Waals surface area (Å²) in [4.78, 5) is 0. The molecule has 4 rings (SSSR count). The lowest BCUT2D eigenvalue weighted by Gasteiger charge is -2.52. The van der Waals surface area contributed by atoms with E-state index in [1.807, 2.05) is 0 Å². The Bertz CT molecular complexity index is 1010. The summed E-state index contributed by atoms with van der Waals surface area (Å²) in [5, 5.41) is 0. The summed E-state index contributed by atoms with van der Waals surface area (Å²) < 4.78 is 0.794. The second-order valence-electron chi connectivity index (χ2n) is 8.66. The van der Waals surface area contributed by atoms with Crippen LogP contribution in [0.25, 0.3) is 0 Å². The predicted molar refractivity (Wildman–Crippen MR) is 146 cm³/mol. The van der Waals surface area contributed by atoms with Crippen molar-refractivity contribution in [1.29, 1.82) is 0 Å². The lowest BCUT2D eigenvalue weighted by Crippen LogP contribution is -2.29. The summed E-state index contributed by atoms with van der Waals surface area (Å²) in [6.07, 6.45) is 0. The van der Waals surface area contributed by atoms with Crippen molar-refractivity contribution in [1.82, 2.24) is 0 Å². The van der Waals surface area contributed by atoms with Crippen molar-refractivity contribution >= 4 is 25.7 Å². The molecule has 0 aromatic heterocycles. The summed E-state index contributed by atoms with van der Waals surface area (Å²) in [7, 11) is -2.50. The van der Waals surface area contributed by atoms with Crippen LogP contribution in [0.5, 0.6) is 0 Å². The van der Waals surface area contributed by atoms with Crippen molar-refractivity contribution in [2.75, 3.05) is 0 Å². The van der Waals surface area contributed by atoms with Gasteiger partial charge in [-0.15, -0.1) is 12.6 Å². The first kappa shape index (κ1) is 22.6. The van der Waals surface area contributed by atoms with E-state index in [0.29, 0.717) is 0 Å². The molecule has 0 bridgehead atoms. The first-order chi connectivity index (χ1) is 15.6. The fraction of sp³-hybridized carbons (Fsp3) is 0.138. The molecule has 32 heavy (non-hydrogen) atoms. The molecule has 0 spiro atoms. The van der Waals surface area contributed by atoms with Gasteiger partial charge in [0.2, 0.25) is 0 Å². The molecule has 1 nitrogen and oxygen atoms in total. The van der Waals surface area contributed by atoms with Gasteiger partial charge in [0.1, 0.15) is 0 Å². The van der Waals surface area contributed by atoms with Crippen molar-refractivity contribution in [3.8, 4) is 0 Å². The highest BCUT2D eigenvalue weighted by Crippen LogP contribution is 2.69. The smallest absolute Gasteiger partial charge is 0.0538 e. The van der Waals surface area contributed by atoms with E-state index in [1.165, 1.54) is 22.3 Å². The molecule has 0 aliphatic carbocycles. The number of hydrogen-bond acceptors (Lipinski definition) is 0. The maximum absolute atomic E-state index is 6.93. The van der Waals surface area contributed by atoms with Crippen LogP contribution >= 0.6 is 21.4 Å². The van der Waals surface area contributed by atoms with Crippen molar-refractivity contribution in [3.63, 3.8) is 0 Å². The Labute approximate surface area is 197 Å². The molecule has 164 valence electrons. The molecule has 0 fully saturated rings. The van der Waals surface area contributed by atoms with Gasteiger partial charge in [0.15, 0.2) is 0 Å². The number of thiol groups is 1. The molecule has 0 aliphatic heterocycles. The third-order valence-corrected chi connectivity index (χ3v) is 13.2. The molecule has 0 atom stereocenters. The minimum atomic E-state index is -2.50. The molecule has 2 N–H and O–H groups in total. The fourth-order valence-corrected chi connectivity index (χ4v) is 10.9. The standard InChI is InChI=1S/C29H31NS2/c30-29(31)32(21-25-13-5-1-6-14-25,22-26-15-7-2-8-16-26,23-27-17-9-3-10-18-27)24-28-19-11-4-12-20-28/h1-20,31H,21-24,30H2. The molecule has 0 amide bonds. The van der Waals surface area contributed by atoms with Crippen LogP contribution in [-0.4, -0.2) is 4.32 Å². The monoisotopic (exact) mass is 457 g/mol. The maximum Gasteiger partial charge on any atom is 0.0538 e. The highest BCUT2D eigenvalue weighted by Gasteiger charge is 2.37. The van der Waals surface area contributed by atoms with E-state index in [0.717, 1.165) is 27.3 Å². The van der Waals surface area contributed by atoms with Crippen LogP contribution in [0.3, 0.4) is 0 Å². The van der Waals surface area contributed by atoms with Gasteiger partial charge in [-0.05, 0) is 22.3 Å². The van der Waals surface area contributed by atoms with Gasteiger partial charge in [0.05, 0.1) is 4.32 Å². The molecular weight excluding hydrogens is 426 g/mol. The van der Waals surface area contributed by atoms with E-state index < -0.39 is 8.75 Å². The van der Waals surface area contributed by atoms with E-state index in [9.17, 15) is 0 Å². The van der Waals surface area contributed by atoms with E-state index in [1.54, 1.807) is 0 Å². The van der Waals surface area contributed by atoms with Crippen LogP contribution in [0, 0.1) is 0 Å². The van der Waals surface area contributed by atoms with Gasteiger partial charge in [-0.3, -0.25) is 5.73 Å². The first-order valence-corrected chi connectivity index (χ1v) is 14.1. The van der Waals surface area contributed by atoms with E-state index in [2.05, 4.69) is 121 Å². The van der Waals surface area contributed by atoms with E-state index in [4.69, 9.17) is 18.4 Å². The van der Waals surface area contributed by atoms with Crippen LogP contribution in [0.4, 0.5) is 0 Å². The lowest BCUT2D eigenvalue weighted by molar-refractivity contribution is 1.20. The number of benzene rings is 4. The van der Waals surface area contributed by atoms with Gasteiger partial charge in [0.25, 0.3) is 0 Å². The Morgan fingerprint density at radius 1 is 0.469 bits per heavy atom. The summed E-state index contributed by atoms with van der Waals surface area (Å²) in [6, 6.07) is 43.1. The van der Waals surface area contributed by atoms with E-state index >= 15 is 0 Å². The van der Waals surface area contributed by atoms with Crippen molar-refractivity contribution in [2.24, 2.45) is 5.73 Å². The molecule has 4 aromatic carbocycles. The van der Waals surface area contributed by atoms with Crippen LogP contribution in [0.1, 0.15) is 22.3 Å². The SMILES string of the molecule is NC(S)=S(Cc1ccccc1)(Cc1ccccc1)(Cc1ccccc1)Cc1ccccc1. The third-order valence-electron chi connectivity index (χ3n) is 6.14. The van der Waals surface area contributed by atoms with Crippen LogP contribution < -0.4 is 5.73 Å².